The van der Waals surface area contributed by atoms with Crippen LogP contribution in [0.25, 0.3) is 5.69 Å². The second-order valence-electron chi connectivity index (χ2n) is 5.85. The summed E-state index contributed by atoms with van der Waals surface area (Å²) in [6, 6.07) is 9.48. The van der Waals surface area contributed by atoms with Crippen molar-refractivity contribution in [1.29, 1.82) is 0 Å². The second kappa shape index (κ2) is 7.86. The molecular weight excluding hydrogens is 399 g/mol. The Morgan fingerprint density at radius 2 is 1.76 bits per heavy atom. The van der Waals surface area contributed by atoms with Gasteiger partial charge in [0.25, 0.3) is 5.56 Å². The van der Waals surface area contributed by atoms with Gasteiger partial charge in [0.05, 0.1) is 22.6 Å². The van der Waals surface area contributed by atoms with Gasteiger partial charge in [-0.1, -0.05) is 6.07 Å². The Bertz CT molecular complexity index is 1080. The summed E-state index contributed by atoms with van der Waals surface area (Å²) in [5.74, 6) is -0.0660. The van der Waals surface area contributed by atoms with E-state index in [1.807, 2.05) is 0 Å². The summed E-state index contributed by atoms with van der Waals surface area (Å²) in [5.41, 5.74) is -1.16. The summed E-state index contributed by atoms with van der Waals surface area (Å²) in [6.07, 6.45) is -4.55. The van der Waals surface area contributed by atoms with Crippen LogP contribution in [-0.4, -0.2) is 16.4 Å². The average molecular weight is 412 g/mol. The third kappa shape index (κ3) is 4.68. The van der Waals surface area contributed by atoms with Crippen LogP contribution >= 0.6 is 0 Å². The minimum Gasteiger partial charge on any atom is -0.435 e. The van der Waals surface area contributed by atoms with Crippen LogP contribution < -0.4 is 10.3 Å². The largest absolute Gasteiger partial charge is 0.435 e. The normalized spacial score (nSPS) is 12.1. The number of alkyl halides is 5. The molecule has 0 spiro atoms. The van der Waals surface area contributed by atoms with Crippen LogP contribution in [0, 0.1) is 6.92 Å². The number of aryl methyl sites for hydroxylation is 1. The number of hydrogen-bond donors (Lipinski definition) is 1. The van der Waals surface area contributed by atoms with Crippen LogP contribution in [0.2, 0.25) is 0 Å². The zero-order valence-electron chi connectivity index (χ0n) is 14.7. The fourth-order valence-electron chi connectivity index (χ4n) is 2.46. The number of aromatic nitrogens is 2. The maximum absolute atomic E-state index is 12.9. The minimum atomic E-state index is -4.55. The Morgan fingerprint density at radius 1 is 1.07 bits per heavy atom. The van der Waals surface area contributed by atoms with E-state index in [0.29, 0.717) is 0 Å². The molecule has 29 heavy (non-hydrogen) atoms. The molecule has 0 aliphatic heterocycles. The van der Waals surface area contributed by atoms with Crippen molar-refractivity contribution in [2.24, 2.45) is 10.2 Å². The van der Waals surface area contributed by atoms with Crippen molar-refractivity contribution in [2.75, 3.05) is 0 Å². The molecule has 152 valence electrons. The first-order valence-electron chi connectivity index (χ1n) is 8.11. The van der Waals surface area contributed by atoms with Crippen molar-refractivity contribution < 1.29 is 26.7 Å². The first kappa shape index (κ1) is 20.2. The van der Waals surface area contributed by atoms with E-state index in [9.17, 15) is 26.7 Å². The van der Waals surface area contributed by atoms with Gasteiger partial charge in [0.2, 0.25) is 0 Å². The van der Waals surface area contributed by atoms with Crippen LogP contribution in [0.3, 0.4) is 0 Å². The first-order valence-corrected chi connectivity index (χ1v) is 8.11. The lowest BCUT2D eigenvalue weighted by Gasteiger charge is -2.08. The zero-order valence-corrected chi connectivity index (χ0v) is 14.7. The van der Waals surface area contributed by atoms with Crippen LogP contribution in [0.15, 0.2) is 63.6 Å². The highest BCUT2D eigenvalue weighted by molar-refractivity contribution is 5.46. The van der Waals surface area contributed by atoms with E-state index in [1.165, 1.54) is 43.3 Å². The molecule has 0 fully saturated rings. The van der Waals surface area contributed by atoms with Crippen molar-refractivity contribution in [3.8, 4) is 11.4 Å². The van der Waals surface area contributed by atoms with E-state index >= 15 is 0 Å². The number of azo groups is 1. The standard InChI is InChI=1S/C18H13F5N4O2/c1-10-15(25-24-12-5-7-14(8-6-12)29-17(19)20)16(28)27(26-10)13-4-2-3-11(9-13)18(21,22)23/h2-9,17,26H,1H3. The molecule has 0 radical (unpaired) electrons. The SMILES string of the molecule is Cc1[nH]n(-c2cccc(C(F)(F)F)c2)c(=O)c1N=Nc1ccc(OC(F)F)cc1. The van der Waals surface area contributed by atoms with E-state index in [4.69, 9.17) is 0 Å². The summed E-state index contributed by atoms with van der Waals surface area (Å²) in [7, 11) is 0. The third-order valence-electron chi connectivity index (χ3n) is 3.80. The van der Waals surface area contributed by atoms with E-state index in [2.05, 4.69) is 20.1 Å². The van der Waals surface area contributed by atoms with Gasteiger partial charge in [0.15, 0.2) is 5.69 Å². The van der Waals surface area contributed by atoms with E-state index in [0.717, 1.165) is 16.8 Å². The van der Waals surface area contributed by atoms with Crippen LogP contribution in [0.1, 0.15) is 11.3 Å². The summed E-state index contributed by atoms with van der Waals surface area (Å²) in [6.45, 7) is -1.45. The second-order valence-corrected chi connectivity index (χ2v) is 5.85. The quantitative estimate of drug-likeness (QED) is 0.443. The van der Waals surface area contributed by atoms with Crippen LogP contribution in [0.4, 0.5) is 33.3 Å². The number of aromatic amines is 1. The van der Waals surface area contributed by atoms with E-state index < -0.39 is 23.9 Å². The predicted octanol–water partition coefficient (Wildman–Crippen LogP) is 5.51. The molecule has 1 heterocycles. The summed E-state index contributed by atoms with van der Waals surface area (Å²) in [4.78, 5) is 12.5. The highest BCUT2D eigenvalue weighted by Gasteiger charge is 2.30. The Hall–Kier alpha value is -3.50. The Kier molecular flexibility index (Phi) is 5.48. The maximum atomic E-state index is 12.9. The number of rotatable bonds is 5. The topological polar surface area (TPSA) is 71.7 Å². The van der Waals surface area contributed by atoms with Gasteiger partial charge < -0.3 is 4.74 Å². The lowest BCUT2D eigenvalue weighted by Crippen LogP contribution is -2.15. The van der Waals surface area contributed by atoms with Crippen molar-refractivity contribution in [2.45, 2.75) is 19.7 Å². The number of hydrogen-bond acceptors (Lipinski definition) is 4. The number of benzene rings is 2. The lowest BCUT2D eigenvalue weighted by molar-refractivity contribution is -0.137. The number of nitrogens with zero attached hydrogens (tertiary/aromatic N) is 3. The average Bonchev–Trinajstić information content (AvgIpc) is 2.94. The molecule has 3 aromatic rings. The Labute approximate surface area is 160 Å². The van der Waals surface area contributed by atoms with Gasteiger partial charge in [-0.25, -0.2) is 4.68 Å². The molecule has 0 atom stereocenters. The van der Waals surface area contributed by atoms with Crippen LogP contribution in [0.5, 0.6) is 5.75 Å². The van der Waals surface area contributed by atoms with Gasteiger partial charge in [-0.3, -0.25) is 9.89 Å². The predicted molar refractivity (Wildman–Crippen MR) is 93.4 cm³/mol. The lowest BCUT2D eigenvalue weighted by atomic mass is 10.2. The first-order chi connectivity index (χ1) is 13.6. The van der Waals surface area contributed by atoms with E-state index in [-0.39, 0.29) is 28.5 Å². The van der Waals surface area contributed by atoms with Gasteiger partial charge in [0, 0.05) is 0 Å². The molecule has 1 aromatic heterocycles. The molecule has 0 aliphatic rings. The monoisotopic (exact) mass is 412 g/mol. The summed E-state index contributed by atoms with van der Waals surface area (Å²) < 4.78 is 68.1. The highest BCUT2D eigenvalue weighted by Crippen LogP contribution is 2.30. The number of ether oxygens (including phenoxy) is 1. The van der Waals surface area contributed by atoms with Gasteiger partial charge in [-0.2, -0.15) is 27.1 Å². The Balaban J connectivity index is 1.89. The number of nitrogens with one attached hydrogen (secondary N) is 1. The van der Waals surface area contributed by atoms with Crippen molar-refractivity contribution in [1.82, 2.24) is 9.78 Å². The molecule has 3 rings (SSSR count). The third-order valence-corrected chi connectivity index (χ3v) is 3.80. The zero-order chi connectivity index (χ0) is 21.2. The number of halogens is 5. The fourth-order valence-corrected chi connectivity index (χ4v) is 2.46. The van der Waals surface area contributed by atoms with Crippen molar-refractivity contribution in [3.63, 3.8) is 0 Å². The smallest absolute Gasteiger partial charge is 0.416 e. The van der Waals surface area contributed by atoms with Gasteiger partial charge in [-0.15, -0.1) is 5.11 Å². The van der Waals surface area contributed by atoms with Gasteiger partial charge >= 0.3 is 12.8 Å². The molecular formula is C18H13F5N4O2. The summed E-state index contributed by atoms with van der Waals surface area (Å²) >= 11 is 0. The van der Waals surface area contributed by atoms with Crippen LogP contribution in [-0.2, 0) is 6.18 Å². The molecule has 0 saturated carbocycles. The minimum absolute atomic E-state index is 0.0112. The molecule has 0 aliphatic carbocycles. The molecule has 0 unspecified atom stereocenters. The highest BCUT2D eigenvalue weighted by atomic mass is 19.4. The molecule has 1 N–H and O–H groups in total. The number of H-pyrrole nitrogens is 1. The maximum Gasteiger partial charge on any atom is 0.416 e. The molecule has 6 nitrogen and oxygen atoms in total. The molecule has 0 bridgehead atoms. The molecule has 11 heteroatoms. The van der Waals surface area contributed by atoms with Gasteiger partial charge in [0.1, 0.15) is 5.75 Å². The fraction of sp³-hybridized carbons (Fsp3) is 0.167. The molecule has 0 saturated heterocycles. The molecule has 2 aromatic carbocycles. The Morgan fingerprint density at radius 3 is 2.38 bits per heavy atom. The van der Waals surface area contributed by atoms with Crippen molar-refractivity contribution >= 4 is 11.4 Å². The van der Waals surface area contributed by atoms with Crippen molar-refractivity contribution in [3.05, 3.63) is 70.1 Å². The van der Waals surface area contributed by atoms with E-state index in [1.54, 1.807) is 0 Å². The molecule has 0 amide bonds. The van der Waals surface area contributed by atoms with Gasteiger partial charge in [-0.05, 0) is 49.4 Å². The summed E-state index contributed by atoms with van der Waals surface area (Å²) in [5, 5.41) is 10.3.